The maximum atomic E-state index is 13.5. The highest BCUT2D eigenvalue weighted by Gasteiger charge is 2.30. The lowest BCUT2D eigenvalue weighted by molar-refractivity contribution is -0.139. The van der Waals surface area contributed by atoms with Crippen LogP contribution in [-0.4, -0.2) is 58.1 Å². The molecule has 0 aliphatic heterocycles. The third-order valence-corrected chi connectivity index (χ3v) is 6.56. The standard InChI is InChI=1S/C24H33N3O5S/c1-17(2)21-9-7-8-10-22(21)27(33(6,30)31)16-23(28)26(18(3)24(29)25-4)15-19-11-13-20(32-5)14-12-19/h7-14,17-18H,15-16H2,1-6H3,(H,25,29)/t18-/m0/s1. The molecular weight excluding hydrogens is 442 g/mol. The van der Waals surface area contributed by atoms with Crippen molar-refractivity contribution < 1.29 is 22.7 Å². The summed E-state index contributed by atoms with van der Waals surface area (Å²) in [4.78, 5) is 27.2. The SMILES string of the molecule is CNC(=O)[C@H](C)N(Cc1ccc(OC)cc1)C(=O)CN(c1ccccc1C(C)C)S(C)(=O)=O. The summed E-state index contributed by atoms with van der Waals surface area (Å²) in [7, 11) is -0.708. The van der Waals surface area contributed by atoms with Crippen LogP contribution in [0.15, 0.2) is 48.5 Å². The molecule has 0 unspecified atom stereocenters. The van der Waals surface area contributed by atoms with Crippen LogP contribution in [0.2, 0.25) is 0 Å². The summed E-state index contributed by atoms with van der Waals surface area (Å²) < 4.78 is 31.7. The molecule has 0 saturated heterocycles. The van der Waals surface area contributed by atoms with Gasteiger partial charge < -0.3 is 15.0 Å². The van der Waals surface area contributed by atoms with Crippen molar-refractivity contribution in [2.24, 2.45) is 0 Å². The second-order valence-corrected chi connectivity index (χ2v) is 10.0. The predicted molar refractivity (Wildman–Crippen MR) is 130 cm³/mol. The van der Waals surface area contributed by atoms with Gasteiger partial charge in [0.2, 0.25) is 21.8 Å². The van der Waals surface area contributed by atoms with Crippen molar-refractivity contribution in [3.05, 3.63) is 59.7 Å². The third kappa shape index (κ3) is 6.71. The van der Waals surface area contributed by atoms with E-state index in [0.29, 0.717) is 11.4 Å². The molecule has 8 nitrogen and oxygen atoms in total. The van der Waals surface area contributed by atoms with Crippen LogP contribution in [0.1, 0.15) is 37.8 Å². The summed E-state index contributed by atoms with van der Waals surface area (Å²) in [5.74, 6) is -0.0958. The van der Waals surface area contributed by atoms with Crippen LogP contribution in [0.25, 0.3) is 0 Å². The molecular formula is C24H33N3O5S. The van der Waals surface area contributed by atoms with Crippen LogP contribution in [0.3, 0.4) is 0 Å². The van der Waals surface area contributed by atoms with E-state index < -0.39 is 28.5 Å². The van der Waals surface area contributed by atoms with Gasteiger partial charge in [0.05, 0.1) is 19.1 Å². The number of methoxy groups -OCH3 is 1. The quantitative estimate of drug-likeness (QED) is 0.570. The van der Waals surface area contributed by atoms with Crippen LogP contribution in [0, 0.1) is 0 Å². The van der Waals surface area contributed by atoms with Gasteiger partial charge in [-0.05, 0) is 42.2 Å². The van der Waals surface area contributed by atoms with Crippen molar-refractivity contribution in [1.82, 2.24) is 10.2 Å². The average Bonchev–Trinajstić information content (AvgIpc) is 2.79. The minimum absolute atomic E-state index is 0.0562. The molecule has 2 amide bonds. The Labute approximate surface area is 196 Å². The fourth-order valence-corrected chi connectivity index (χ4v) is 4.39. The maximum absolute atomic E-state index is 13.5. The van der Waals surface area contributed by atoms with Crippen LogP contribution in [-0.2, 0) is 26.2 Å². The second-order valence-electron chi connectivity index (χ2n) is 8.14. The van der Waals surface area contributed by atoms with E-state index in [1.54, 1.807) is 50.4 Å². The van der Waals surface area contributed by atoms with E-state index >= 15 is 0 Å². The molecule has 33 heavy (non-hydrogen) atoms. The number of nitrogens with one attached hydrogen (secondary N) is 1. The lowest BCUT2D eigenvalue weighted by Gasteiger charge is -2.32. The zero-order valence-corrected chi connectivity index (χ0v) is 20.8. The molecule has 2 aromatic carbocycles. The summed E-state index contributed by atoms with van der Waals surface area (Å²) in [5, 5.41) is 2.56. The molecule has 2 rings (SSSR count). The van der Waals surface area contributed by atoms with Gasteiger partial charge in [0.1, 0.15) is 18.3 Å². The van der Waals surface area contributed by atoms with Crippen LogP contribution in [0.4, 0.5) is 5.69 Å². The molecule has 1 N–H and O–H groups in total. The van der Waals surface area contributed by atoms with Crippen LogP contribution < -0.4 is 14.4 Å². The summed E-state index contributed by atoms with van der Waals surface area (Å²) >= 11 is 0. The first-order chi connectivity index (χ1) is 15.5. The number of para-hydroxylation sites is 1. The van der Waals surface area contributed by atoms with Gasteiger partial charge in [-0.3, -0.25) is 13.9 Å². The van der Waals surface area contributed by atoms with Gasteiger partial charge in [0, 0.05) is 13.6 Å². The zero-order valence-electron chi connectivity index (χ0n) is 20.0. The van der Waals surface area contributed by atoms with Gasteiger partial charge in [-0.15, -0.1) is 0 Å². The Morgan fingerprint density at radius 2 is 1.64 bits per heavy atom. The molecule has 0 fully saturated rings. The topological polar surface area (TPSA) is 96.0 Å². The molecule has 0 aromatic heterocycles. The van der Waals surface area contributed by atoms with Gasteiger partial charge >= 0.3 is 0 Å². The zero-order chi connectivity index (χ0) is 24.8. The highest BCUT2D eigenvalue weighted by Crippen LogP contribution is 2.29. The maximum Gasteiger partial charge on any atom is 0.244 e. The van der Waals surface area contributed by atoms with E-state index in [4.69, 9.17) is 4.74 Å². The summed E-state index contributed by atoms with van der Waals surface area (Å²) in [6.45, 7) is 5.27. The third-order valence-electron chi connectivity index (χ3n) is 5.43. The monoisotopic (exact) mass is 475 g/mol. The van der Waals surface area contributed by atoms with Crippen molar-refractivity contribution in [2.75, 3.05) is 31.3 Å². The number of carbonyl (C=O) groups is 2. The molecule has 0 bridgehead atoms. The van der Waals surface area contributed by atoms with E-state index in [1.165, 1.54) is 11.9 Å². The van der Waals surface area contributed by atoms with Gasteiger partial charge in [-0.2, -0.15) is 0 Å². The molecule has 2 aromatic rings. The highest BCUT2D eigenvalue weighted by molar-refractivity contribution is 7.92. The van der Waals surface area contributed by atoms with Crippen LogP contribution >= 0.6 is 0 Å². The Kier molecular flexibility index (Phi) is 8.87. The number of rotatable bonds is 10. The number of nitrogens with zero attached hydrogens (tertiary/aromatic N) is 2. The highest BCUT2D eigenvalue weighted by atomic mass is 32.2. The number of hydrogen-bond acceptors (Lipinski definition) is 5. The van der Waals surface area contributed by atoms with E-state index in [0.717, 1.165) is 21.7 Å². The number of likely N-dealkylation sites (N-methyl/N-ethyl adjacent to an activating group) is 1. The van der Waals surface area contributed by atoms with Crippen molar-refractivity contribution >= 4 is 27.5 Å². The van der Waals surface area contributed by atoms with Crippen LogP contribution in [0.5, 0.6) is 5.75 Å². The number of sulfonamides is 1. The van der Waals surface area contributed by atoms with Crippen molar-refractivity contribution in [1.29, 1.82) is 0 Å². The molecule has 0 aliphatic rings. The first kappa shape index (κ1) is 26.2. The minimum Gasteiger partial charge on any atom is -0.497 e. The van der Waals surface area contributed by atoms with E-state index in [-0.39, 0.29) is 18.4 Å². The minimum atomic E-state index is -3.77. The summed E-state index contributed by atoms with van der Waals surface area (Å²) in [6, 6.07) is 13.5. The number of amides is 2. The molecule has 0 radical (unpaired) electrons. The fourth-order valence-electron chi connectivity index (χ4n) is 3.52. The Bertz CT molecular complexity index is 1070. The largest absolute Gasteiger partial charge is 0.497 e. The number of benzene rings is 2. The molecule has 9 heteroatoms. The summed E-state index contributed by atoms with van der Waals surface area (Å²) in [5.41, 5.74) is 2.06. The number of anilines is 1. The first-order valence-electron chi connectivity index (χ1n) is 10.7. The Balaban J connectivity index is 2.43. The summed E-state index contributed by atoms with van der Waals surface area (Å²) in [6.07, 6.45) is 1.08. The van der Waals surface area contributed by atoms with Gasteiger partial charge in [-0.25, -0.2) is 8.42 Å². The second kappa shape index (κ2) is 11.2. The molecule has 1 atom stereocenters. The first-order valence-corrected chi connectivity index (χ1v) is 12.5. The van der Waals surface area contributed by atoms with Gasteiger partial charge in [0.15, 0.2) is 0 Å². The fraction of sp³-hybridized carbons (Fsp3) is 0.417. The number of carbonyl (C=O) groups excluding carboxylic acids is 2. The molecule has 0 saturated carbocycles. The number of ether oxygens (including phenoxy) is 1. The molecule has 0 heterocycles. The predicted octanol–water partition coefficient (Wildman–Crippen LogP) is 2.75. The Hall–Kier alpha value is -3.07. The van der Waals surface area contributed by atoms with Gasteiger partial charge in [0.25, 0.3) is 0 Å². The Morgan fingerprint density at radius 1 is 1.03 bits per heavy atom. The number of hydrogen-bond donors (Lipinski definition) is 1. The smallest absolute Gasteiger partial charge is 0.244 e. The lowest BCUT2D eigenvalue weighted by Crippen LogP contribution is -2.50. The molecule has 0 spiro atoms. The molecule has 180 valence electrons. The van der Waals surface area contributed by atoms with Crippen molar-refractivity contribution in [3.63, 3.8) is 0 Å². The van der Waals surface area contributed by atoms with Crippen molar-refractivity contribution in [2.45, 2.75) is 39.3 Å². The van der Waals surface area contributed by atoms with Gasteiger partial charge in [-0.1, -0.05) is 44.2 Å². The average molecular weight is 476 g/mol. The normalized spacial score (nSPS) is 12.2. The molecule has 0 aliphatic carbocycles. The van der Waals surface area contributed by atoms with E-state index in [2.05, 4.69) is 5.32 Å². The van der Waals surface area contributed by atoms with Crippen molar-refractivity contribution in [3.8, 4) is 5.75 Å². The van der Waals surface area contributed by atoms with E-state index in [9.17, 15) is 18.0 Å². The lowest BCUT2D eigenvalue weighted by atomic mass is 10.0. The Morgan fingerprint density at radius 3 is 2.15 bits per heavy atom. The van der Waals surface area contributed by atoms with E-state index in [1.807, 2.05) is 26.0 Å².